The smallest absolute Gasteiger partial charge is 0.207 e. The summed E-state index contributed by atoms with van der Waals surface area (Å²) in [6, 6.07) is 6.11. The lowest BCUT2D eigenvalue weighted by molar-refractivity contribution is -0.137. The van der Waals surface area contributed by atoms with E-state index < -0.39 is 23.4 Å². The van der Waals surface area contributed by atoms with E-state index in [0.717, 1.165) is 18.2 Å². The number of rotatable bonds is 1. The van der Waals surface area contributed by atoms with Crippen LogP contribution in [-0.4, -0.2) is 0 Å². The molecule has 0 aromatic heterocycles. The van der Waals surface area contributed by atoms with Crippen molar-refractivity contribution in [2.45, 2.75) is 13.1 Å². The van der Waals surface area contributed by atoms with E-state index in [-0.39, 0.29) is 16.7 Å². The molecule has 0 saturated carbocycles. The molecule has 0 amide bonds. The molecule has 0 spiro atoms. The number of aryl methyl sites for hydroxylation is 1. The van der Waals surface area contributed by atoms with Crippen molar-refractivity contribution in [2.24, 2.45) is 0 Å². The second kappa shape index (κ2) is 4.64. The third-order valence-electron chi connectivity index (χ3n) is 2.78. The topological polar surface area (TPSA) is 0 Å². The summed E-state index contributed by atoms with van der Waals surface area (Å²) in [4.78, 5) is 0. The van der Waals surface area contributed by atoms with Gasteiger partial charge in [0.2, 0.25) is 0 Å². The van der Waals surface area contributed by atoms with E-state index in [1.165, 1.54) is 19.1 Å². The molecule has 0 fully saturated rings. The fourth-order valence-electron chi connectivity index (χ4n) is 1.95. The number of alkyl halides is 3. The Morgan fingerprint density at radius 1 is 0.947 bits per heavy atom. The summed E-state index contributed by atoms with van der Waals surface area (Å²) in [6.45, 7) is 1.45. The van der Waals surface area contributed by atoms with Gasteiger partial charge < -0.3 is 0 Å². The molecule has 0 radical (unpaired) electrons. The van der Waals surface area contributed by atoms with Gasteiger partial charge in [0.1, 0.15) is 11.6 Å². The predicted molar refractivity (Wildman–Crippen MR) is 61.5 cm³/mol. The van der Waals surface area contributed by atoms with Crippen LogP contribution in [0, 0.1) is 18.6 Å². The number of hydrogen-bond donors (Lipinski definition) is 0. The quantitative estimate of drug-likeness (QED) is 0.644. The van der Waals surface area contributed by atoms with E-state index in [2.05, 4.69) is 0 Å². The Morgan fingerprint density at radius 2 is 1.63 bits per heavy atom. The largest absolute Gasteiger partial charge is 0.417 e. The number of benzene rings is 2. The number of halogens is 5. The molecule has 0 unspecified atom stereocenters. The van der Waals surface area contributed by atoms with Gasteiger partial charge in [-0.3, -0.25) is 0 Å². The minimum Gasteiger partial charge on any atom is -0.207 e. The summed E-state index contributed by atoms with van der Waals surface area (Å²) in [5.41, 5.74) is -1.17. The van der Waals surface area contributed by atoms with E-state index in [0.29, 0.717) is 6.07 Å². The molecule has 0 heterocycles. The van der Waals surface area contributed by atoms with Crippen LogP contribution in [0.2, 0.25) is 0 Å². The standard InChI is InChI=1S/C14H9F5/c1-8-3-2-4-11(14(17,18)19)13(8)10-6-5-9(15)7-12(10)16/h2-7H,1H3. The zero-order chi connectivity index (χ0) is 14.2. The summed E-state index contributed by atoms with van der Waals surface area (Å²) < 4.78 is 65.3. The van der Waals surface area contributed by atoms with E-state index >= 15 is 0 Å². The third-order valence-corrected chi connectivity index (χ3v) is 2.78. The van der Waals surface area contributed by atoms with Crippen LogP contribution in [-0.2, 0) is 6.18 Å². The van der Waals surface area contributed by atoms with Crippen LogP contribution in [0.3, 0.4) is 0 Å². The zero-order valence-electron chi connectivity index (χ0n) is 9.85. The molecule has 0 bridgehead atoms. The van der Waals surface area contributed by atoms with Gasteiger partial charge in [-0.25, -0.2) is 8.78 Å². The normalized spacial score (nSPS) is 11.7. The molecule has 0 aliphatic heterocycles. The highest BCUT2D eigenvalue weighted by Gasteiger charge is 2.34. The lowest BCUT2D eigenvalue weighted by atomic mass is 9.94. The third kappa shape index (κ3) is 2.59. The average Bonchev–Trinajstić information content (AvgIpc) is 2.28. The van der Waals surface area contributed by atoms with Gasteiger partial charge in [0, 0.05) is 11.6 Å². The molecule has 2 aromatic carbocycles. The Bertz CT molecular complexity index is 614. The van der Waals surface area contributed by atoms with Gasteiger partial charge in [-0.2, -0.15) is 13.2 Å². The second-order valence-electron chi connectivity index (χ2n) is 4.12. The molecule has 2 rings (SSSR count). The highest BCUT2D eigenvalue weighted by atomic mass is 19.4. The minimum absolute atomic E-state index is 0.257. The lowest BCUT2D eigenvalue weighted by Crippen LogP contribution is -2.08. The maximum Gasteiger partial charge on any atom is 0.417 e. The van der Waals surface area contributed by atoms with Gasteiger partial charge in [0.25, 0.3) is 0 Å². The van der Waals surface area contributed by atoms with Crippen molar-refractivity contribution >= 4 is 0 Å². The van der Waals surface area contributed by atoms with Crippen LogP contribution in [0.1, 0.15) is 11.1 Å². The van der Waals surface area contributed by atoms with Crippen LogP contribution in [0.5, 0.6) is 0 Å². The molecule has 0 atom stereocenters. The molecule has 2 aromatic rings. The molecule has 0 aliphatic rings. The molecule has 100 valence electrons. The Balaban J connectivity index is 2.74. The second-order valence-corrected chi connectivity index (χ2v) is 4.12. The fraction of sp³-hybridized carbons (Fsp3) is 0.143. The summed E-state index contributed by atoms with van der Waals surface area (Å²) in [5, 5.41) is 0. The van der Waals surface area contributed by atoms with Crippen molar-refractivity contribution in [2.75, 3.05) is 0 Å². The Kier molecular flexibility index (Phi) is 3.30. The SMILES string of the molecule is Cc1cccc(C(F)(F)F)c1-c1ccc(F)cc1F. The van der Waals surface area contributed by atoms with Gasteiger partial charge in [-0.05, 0) is 36.2 Å². The first-order valence-corrected chi connectivity index (χ1v) is 5.43. The van der Waals surface area contributed by atoms with Gasteiger partial charge in [-0.15, -0.1) is 0 Å². The molecular weight excluding hydrogens is 263 g/mol. The van der Waals surface area contributed by atoms with E-state index in [1.54, 1.807) is 0 Å². The maximum absolute atomic E-state index is 13.7. The van der Waals surface area contributed by atoms with Gasteiger partial charge >= 0.3 is 6.18 Å². The summed E-state index contributed by atoms with van der Waals surface area (Å²) in [5.74, 6) is -1.84. The maximum atomic E-state index is 13.7. The molecule has 0 aliphatic carbocycles. The highest BCUT2D eigenvalue weighted by Crippen LogP contribution is 2.39. The number of hydrogen-bond acceptors (Lipinski definition) is 0. The van der Waals surface area contributed by atoms with Gasteiger partial charge in [0.05, 0.1) is 5.56 Å². The fourth-order valence-corrected chi connectivity index (χ4v) is 1.95. The first kappa shape index (κ1) is 13.5. The predicted octanol–water partition coefficient (Wildman–Crippen LogP) is 4.96. The Morgan fingerprint density at radius 3 is 2.21 bits per heavy atom. The van der Waals surface area contributed by atoms with Crippen molar-refractivity contribution in [3.63, 3.8) is 0 Å². The Labute approximate surface area is 106 Å². The van der Waals surface area contributed by atoms with Gasteiger partial charge in [0.15, 0.2) is 0 Å². The van der Waals surface area contributed by atoms with Gasteiger partial charge in [-0.1, -0.05) is 12.1 Å². The molecule has 19 heavy (non-hydrogen) atoms. The summed E-state index contributed by atoms with van der Waals surface area (Å²) >= 11 is 0. The van der Waals surface area contributed by atoms with Crippen molar-refractivity contribution < 1.29 is 22.0 Å². The monoisotopic (exact) mass is 272 g/mol. The Hall–Kier alpha value is -1.91. The van der Waals surface area contributed by atoms with Crippen molar-refractivity contribution in [1.82, 2.24) is 0 Å². The van der Waals surface area contributed by atoms with Crippen LogP contribution >= 0.6 is 0 Å². The van der Waals surface area contributed by atoms with Crippen LogP contribution in [0.25, 0.3) is 11.1 Å². The van der Waals surface area contributed by atoms with Crippen LogP contribution in [0.15, 0.2) is 36.4 Å². The van der Waals surface area contributed by atoms with Crippen molar-refractivity contribution in [3.8, 4) is 11.1 Å². The molecule has 5 heteroatoms. The van der Waals surface area contributed by atoms with E-state index in [4.69, 9.17) is 0 Å². The summed E-state index contributed by atoms with van der Waals surface area (Å²) in [7, 11) is 0. The zero-order valence-corrected chi connectivity index (χ0v) is 9.85. The molecule has 0 saturated heterocycles. The van der Waals surface area contributed by atoms with Crippen LogP contribution in [0.4, 0.5) is 22.0 Å². The first-order chi connectivity index (χ1) is 8.80. The van der Waals surface area contributed by atoms with E-state index in [1.807, 2.05) is 0 Å². The molecular formula is C14H9F5. The highest BCUT2D eigenvalue weighted by molar-refractivity contribution is 5.72. The minimum atomic E-state index is -4.60. The van der Waals surface area contributed by atoms with Crippen LogP contribution < -0.4 is 0 Å². The lowest BCUT2D eigenvalue weighted by Gasteiger charge is -2.16. The average molecular weight is 272 g/mol. The van der Waals surface area contributed by atoms with E-state index in [9.17, 15) is 22.0 Å². The summed E-state index contributed by atoms with van der Waals surface area (Å²) in [6.07, 6.45) is -4.60. The molecule has 0 nitrogen and oxygen atoms in total. The first-order valence-electron chi connectivity index (χ1n) is 5.43. The van der Waals surface area contributed by atoms with Crippen molar-refractivity contribution in [3.05, 3.63) is 59.2 Å². The van der Waals surface area contributed by atoms with Crippen molar-refractivity contribution in [1.29, 1.82) is 0 Å². The molecule has 0 N–H and O–H groups in total.